The molecule has 1 aliphatic heterocycles. The third-order valence-corrected chi connectivity index (χ3v) is 5.36. The second-order valence-electron chi connectivity index (χ2n) is 7.57. The molecule has 34 heavy (non-hydrogen) atoms. The molecule has 0 fully saturated rings. The minimum atomic E-state index is 0.281. The number of ether oxygens (including phenoxy) is 1. The van der Waals surface area contributed by atoms with Gasteiger partial charge in [0.05, 0.1) is 5.69 Å². The highest BCUT2D eigenvalue weighted by molar-refractivity contribution is 5.75. The molecule has 0 spiro atoms. The first kappa shape index (κ1) is 19.8. The summed E-state index contributed by atoms with van der Waals surface area (Å²) in [5.74, 6) is 2.73. The van der Waals surface area contributed by atoms with Crippen LogP contribution in [0.3, 0.4) is 0 Å². The molecule has 1 aliphatic rings. The Morgan fingerprint density at radius 1 is 0.824 bits per heavy atom. The lowest BCUT2D eigenvalue weighted by molar-refractivity contribution is -0.234. The monoisotopic (exact) mass is 447 g/mol. The molecule has 0 radical (unpaired) electrons. The van der Waals surface area contributed by atoms with Gasteiger partial charge in [-0.2, -0.15) is 10.4 Å². The molecule has 3 aromatic carbocycles. The average molecular weight is 447 g/mol. The van der Waals surface area contributed by atoms with Crippen LogP contribution in [0.5, 0.6) is 23.0 Å². The molecule has 6 rings (SSSR count). The zero-order valence-electron chi connectivity index (χ0n) is 17.8. The number of benzene rings is 3. The van der Waals surface area contributed by atoms with E-state index in [0.717, 1.165) is 17.0 Å². The number of nitriles is 1. The Kier molecular flexibility index (Phi) is 4.80. The van der Waals surface area contributed by atoms with Gasteiger partial charge < -0.3 is 14.4 Å². The van der Waals surface area contributed by atoms with Crippen molar-refractivity contribution < 1.29 is 14.4 Å². The molecule has 0 saturated heterocycles. The lowest BCUT2D eigenvalue weighted by Gasteiger charge is -2.13. The summed E-state index contributed by atoms with van der Waals surface area (Å²) in [4.78, 5) is 15.9. The molecule has 0 N–H and O–H groups in total. The lowest BCUT2D eigenvalue weighted by Crippen LogP contribution is -2.26. The van der Waals surface area contributed by atoms with Crippen LogP contribution in [0.4, 0.5) is 0 Å². The van der Waals surface area contributed by atoms with Crippen LogP contribution in [0.15, 0.2) is 91.1 Å². The number of nitrogens with zero attached hydrogens (tertiary/aromatic N) is 5. The van der Waals surface area contributed by atoms with Gasteiger partial charge in [-0.15, -0.1) is 0 Å². The number of para-hydroxylation sites is 3. The van der Waals surface area contributed by atoms with Gasteiger partial charge in [-0.3, -0.25) is 0 Å². The third kappa shape index (κ3) is 3.56. The molecule has 2 aromatic heterocycles. The van der Waals surface area contributed by atoms with E-state index in [1.807, 2.05) is 84.9 Å². The summed E-state index contributed by atoms with van der Waals surface area (Å²) in [6.45, 7) is 0.281. The quantitative estimate of drug-likeness (QED) is 0.368. The van der Waals surface area contributed by atoms with Crippen LogP contribution in [-0.2, 0) is 6.54 Å². The van der Waals surface area contributed by atoms with Crippen LogP contribution in [0.25, 0.3) is 16.9 Å². The number of aromatic nitrogens is 3. The van der Waals surface area contributed by atoms with Crippen LogP contribution < -0.4 is 14.4 Å². The van der Waals surface area contributed by atoms with Crippen molar-refractivity contribution in [3.8, 4) is 40.3 Å². The highest BCUT2D eigenvalue weighted by Gasteiger charge is 2.25. The van der Waals surface area contributed by atoms with Crippen LogP contribution in [-0.4, -0.2) is 19.8 Å². The van der Waals surface area contributed by atoms with Gasteiger partial charge >= 0.3 is 0 Å². The maximum Gasteiger partial charge on any atom is 0.196 e. The molecule has 8 heteroatoms. The van der Waals surface area contributed by atoms with Crippen molar-refractivity contribution in [1.82, 2.24) is 19.8 Å². The average Bonchev–Trinajstić information content (AvgIpc) is 3.46. The summed E-state index contributed by atoms with van der Waals surface area (Å²) in [5.41, 5.74) is 2.95. The van der Waals surface area contributed by atoms with E-state index >= 15 is 0 Å². The van der Waals surface area contributed by atoms with Gasteiger partial charge in [0.1, 0.15) is 35.4 Å². The first-order valence-corrected chi connectivity index (χ1v) is 10.6. The zero-order valence-corrected chi connectivity index (χ0v) is 17.8. The maximum atomic E-state index is 9.88. The molecule has 0 unspecified atom stereocenters. The van der Waals surface area contributed by atoms with Crippen LogP contribution in [0.2, 0.25) is 0 Å². The molecule has 0 aliphatic carbocycles. The Labute approximate surface area is 194 Å². The molecule has 0 bridgehead atoms. The van der Waals surface area contributed by atoms with Crippen molar-refractivity contribution in [3.05, 3.63) is 102 Å². The molecule has 0 saturated carbocycles. The van der Waals surface area contributed by atoms with E-state index < -0.39 is 0 Å². The second-order valence-corrected chi connectivity index (χ2v) is 7.57. The van der Waals surface area contributed by atoms with Gasteiger partial charge in [-0.05, 0) is 54.6 Å². The second kappa shape index (κ2) is 8.24. The fourth-order valence-corrected chi connectivity index (χ4v) is 3.76. The Bertz CT molecular complexity index is 1500. The minimum Gasteiger partial charge on any atom is -0.457 e. The summed E-state index contributed by atoms with van der Waals surface area (Å²) in [6, 6.07) is 28.5. The van der Waals surface area contributed by atoms with Crippen molar-refractivity contribution in [1.29, 1.82) is 5.26 Å². The molecular weight excluding hydrogens is 430 g/mol. The largest absolute Gasteiger partial charge is 0.457 e. The molecule has 0 atom stereocenters. The summed E-state index contributed by atoms with van der Waals surface area (Å²) >= 11 is 0. The van der Waals surface area contributed by atoms with Crippen molar-refractivity contribution in [3.63, 3.8) is 0 Å². The smallest absolute Gasteiger partial charge is 0.196 e. The number of hydrogen-bond donors (Lipinski definition) is 0. The standard InChI is InChI=1S/C26H17N5O3/c27-16-22-25(18-10-12-21(13-11-18)32-20-6-2-1-3-7-20)29-31-19(14-15-28-26(22)31)17-30-33-23-8-4-5-9-24(23)34-30/h1-15H,17H2. The maximum absolute atomic E-state index is 9.88. The van der Waals surface area contributed by atoms with Crippen molar-refractivity contribution in [2.45, 2.75) is 6.54 Å². The van der Waals surface area contributed by atoms with E-state index in [1.54, 1.807) is 10.7 Å². The third-order valence-electron chi connectivity index (χ3n) is 5.36. The predicted octanol–water partition coefficient (Wildman–Crippen LogP) is 5.16. The fraction of sp³-hybridized carbons (Fsp3) is 0.0385. The highest BCUT2D eigenvalue weighted by Crippen LogP contribution is 2.34. The Morgan fingerprint density at radius 2 is 1.50 bits per heavy atom. The van der Waals surface area contributed by atoms with E-state index in [9.17, 15) is 5.26 Å². The number of hydroxylamine groups is 2. The van der Waals surface area contributed by atoms with E-state index in [0.29, 0.717) is 34.2 Å². The van der Waals surface area contributed by atoms with E-state index in [1.165, 1.54) is 5.23 Å². The summed E-state index contributed by atoms with van der Waals surface area (Å²) in [6.07, 6.45) is 1.65. The van der Waals surface area contributed by atoms with Crippen molar-refractivity contribution in [2.75, 3.05) is 0 Å². The van der Waals surface area contributed by atoms with Gasteiger partial charge in [0, 0.05) is 17.0 Å². The van der Waals surface area contributed by atoms with E-state index in [2.05, 4.69) is 11.1 Å². The zero-order chi connectivity index (χ0) is 22.9. The predicted molar refractivity (Wildman–Crippen MR) is 123 cm³/mol. The van der Waals surface area contributed by atoms with Crippen molar-refractivity contribution in [2.24, 2.45) is 0 Å². The Balaban J connectivity index is 1.30. The van der Waals surface area contributed by atoms with Crippen LogP contribution >= 0.6 is 0 Å². The normalized spacial score (nSPS) is 12.6. The molecule has 8 nitrogen and oxygen atoms in total. The highest BCUT2D eigenvalue weighted by atomic mass is 17.0. The minimum absolute atomic E-state index is 0.281. The van der Waals surface area contributed by atoms with E-state index in [-0.39, 0.29) is 6.54 Å². The Hall–Kier alpha value is -4.87. The van der Waals surface area contributed by atoms with Gasteiger partial charge in [-0.25, -0.2) is 9.50 Å². The number of hydrogen-bond acceptors (Lipinski definition) is 7. The van der Waals surface area contributed by atoms with Gasteiger partial charge in [-0.1, -0.05) is 30.3 Å². The van der Waals surface area contributed by atoms with Gasteiger partial charge in [0.2, 0.25) is 0 Å². The van der Waals surface area contributed by atoms with E-state index in [4.69, 9.17) is 19.5 Å². The Morgan fingerprint density at radius 3 is 2.21 bits per heavy atom. The SMILES string of the molecule is N#Cc1c(-c2ccc(Oc3ccccc3)cc2)nn2c(CN3Oc4ccccc4O3)ccnc12. The van der Waals surface area contributed by atoms with Crippen molar-refractivity contribution >= 4 is 5.65 Å². The van der Waals surface area contributed by atoms with Crippen LogP contribution in [0, 0.1) is 11.3 Å². The summed E-state index contributed by atoms with van der Waals surface area (Å²) < 4.78 is 7.52. The fourth-order valence-electron chi connectivity index (χ4n) is 3.76. The lowest BCUT2D eigenvalue weighted by atomic mass is 10.1. The van der Waals surface area contributed by atoms with Gasteiger partial charge in [0.25, 0.3) is 0 Å². The summed E-state index contributed by atoms with van der Waals surface area (Å²) in [7, 11) is 0. The van der Waals surface area contributed by atoms with Gasteiger partial charge in [0.15, 0.2) is 17.1 Å². The van der Waals surface area contributed by atoms with Crippen LogP contribution in [0.1, 0.15) is 11.3 Å². The number of fused-ring (bicyclic) bond motifs is 2. The number of rotatable bonds is 5. The summed E-state index contributed by atoms with van der Waals surface area (Å²) in [5, 5.41) is 16.0. The first-order valence-electron chi connectivity index (χ1n) is 10.6. The molecule has 3 heterocycles. The topological polar surface area (TPSA) is 84.9 Å². The molecule has 5 aromatic rings. The molecule has 164 valence electrons. The molecule has 0 amide bonds. The first-order chi connectivity index (χ1) is 16.8. The molecular formula is C26H17N5O3.